The number of carbonyl (C=O) groups excluding carboxylic acids is 1. The van der Waals surface area contributed by atoms with Crippen LogP contribution in [0, 0.1) is 0 Å². The van der Waals surface area contributed by atoms with E-state index in [1.54, 1.807) is 24.3 Å². The molecule has 0 unspecified atom stereocenters. The highest BCUT2D eigenvalue weighted by atomic mass is 32.2. The molecular weight excluding hydrogens is 409 g/mol. The van der Waals surface area contributed by atoms with Gasteiger partial charge in [-0.3, -0.25) is 14.0 Å². The maximum Gasteiger partial charge on any atom is 0.417 e. The topological polar surface area (TPSA) is 79.7 Å². The SMILES string of the molecule is O=C(COc1ccc(CO)cc1)N1CC[C@H]([S@@](=O)c2cnccc2C(F)(F)F)C1. The number of hydrogen-bond acceptors (Lipinski definition) is 5. The largest absolute Gasteiger partial charge is 0.484 e. The second kappa shape index (κ2) is 8.91. The monoisotopic (exact) mass is 428 g/mol. The van der Waals surface area contributed by atoms with E-state index < -0.39 is 27.8 Å². The van der Waals surface area contributed by atoms with Crippen LogP contribution in [-0.2, 0) is 28.4 Å². The van der Waals surface area contributed by atoms with E-state index >= 15 is 0 Å². The van der Waals surface area contributed by atoms with Crippen molar-refractivity contribution in [3.8, 4) is 5.75 Å². The average Bonchev–Trinajstić information content (AvgIpc) is 3.21. The molecule has 0 bridgehead atoms. The third-order valence-electron chi connectivity index (χ3n) is 4.58. The molecule has 1 N–H and O–H groups in total. The van der Waals surface area contributed by atoms with Crippen LogP contribution < -0.4 is 4.74 Å². The van der Waals surface area contributed by atoms with Crippen LogP contribution in [0.15, 0.2) is 47.6 Å². The van der Waals surface area contributed by atoms with E-state index in [4.69, 9.17) is 9.84 Å². The molecule has 2 aromatic rings. The lowest BCUT2D eigenvalue weighted by molar-refractivity contribution is -0.140. The fourth-order valence-electron chi connectivity index (χ4n) is 3.01. The highest BCUT2D eigenvalue weighted by Crippen LogP contribution is 2.34. The van der Waals surface area contributed by atoms with Gasteiger partial charge in [-0.25, -0.2) is 0 Å². The van der Waals surface area contributed by atoms with Gasteiger partial charge in [-0.15, -0.1) is 0 Å². The van der Waals surface area contributed by atoms with E-state index in [1.165, 1.54) is 4.90 Å². The Kier molecular flexibility index (Phi) is 6.53. The summed E-state index contributed by atoms with van der Waals surface area (Å²) in [6.07, 6.45) is -2.31. The van der Waals surface area contributed by atoms with Crippen molar-refractivity contribution in [3.63, 3.8) is 0 Å². The Morgan fingerprint density at radius 3 is 2.66 bits per heavy atom. The van der Waals surface area contributed by atoms with Gasteiger partial charge in [0.25, 0.3) is 5.91 Å². The lowest BCUT2D eigenvalue weighted by Crippen LogP contribution is -2.34. The van der Waals surface area contributed by atoms with Crippen molar-refractivity contribution in [2.75, 3.05) is 19.7 Å². The molecule has 10 heteroatoms. The highest BCUT2D eigenvalue weighted by molar-refractivity contribution is 7.85. The summed E-state index contributed by atoms with van der Waals surface area (Å²) in [5.41, 5.74) is -0.257. The zero-order chi connectivity index (χ0) is 21.0. The molecule has 3 rings (SSSR count). The van der Waals surface area contributed by atoms with Gasteiger partial charge in [0.1, 0.15) is 5.75 Å². The molecule has 1 aromatic carbocycles. The molecule has 0 saturated carbocycles. The van der Waals surface area contributed by atoms with E-state index in [2.05, 4.69) is 4.98 Å². The van der Waals surface area contributed by atoms with Crippen molar-refractivity contribution >= 4 is 16.7 Å². The predicted molar refractivity (Wildman–Crippen MR) is 98.5 cm³/mol. The van der Waals surface area contributed by atoms with Gasteiger partial charge in [0, 0.05) is 25.5 Å². The quantitative estimate of drug-likeness (QED) is 0.764. The predicted octanol–water partition coefficient (Wildman–Crippen LogP) is 2.38. The maximum atomic E-state index is 13.2. The molecule has 1 fully saturated rings. The number of nitrogens with zero attached hydrogens (tertiary/aromatic N) is 2. The second-order valence-corrected chi connectivity index (χ2v) is 8.21. The van der Waals surface area contributed by atoms with Crippen molar-refractivity contribution in [2.45, 2.75) is 29.3 Å². The fourth-order valence-corrected chi connectivity index (χ4v) is 4.57. The molecule has 6 nitrogen and oxygen atoms in total. The zero-order valence-corrected chi connectivity index (χ0v) is 16.1. The summed E-state index contributed by atoms with van der Waals surface area (Å²) in [5, 5.41) is 8.41. The van der Waals surface area contributed by atoms with Crippen molar-refractivity contribution in [2.24, 2.45) is 0 Å². The zero-order valence-electron chi connectivity index (χ0n) is 15.3. The van der Waals surface area contributed by atoms with Gasteiger partial charge in [0.2, 0.25) is 0 Å². The lowest BCUT2D eigenvalue weighted by Gasteiger charge is -2.18. The Bertz CT molecular complexity index is 890. The summed E-state index contributed by atoms with van der Waals surface area (Å²) in [5.74, 6) is 0.123. The van der Waals surface area contributed by atoms with Gasteiger partial charge in [-0.1, -0.05) is 12.1 Å². The molecule has 156 valence electrons. The Labute approximate surface area is 167 Å². The number of rotatable bonds is 6. The summed E-state index contributed by atoms with van der Waals surface area (Å²) < 4.78 is 57.6. The van der Waals surface area contributed by atoms with Crippen molar-refractivity contribution < 1.29 is 32.0 Å². The van der Waals surface area contributed by atoms with Gasteiger partial charge in [0.05, 0.1) is 33.1 Å². The van der Waals surface area contributed by atoms with Crippen LogP contribution in [0.4, 0.5) is 13.2 Å². The average molecular weight is 428 g/mol. The van der Waals surface area contributed by atoms with Crippen LogP contribution in [0.1, 0.15) is 17.5 Å². The minimum Gasteiger partial charge on any atom is -0.484 e. The lowest BCUT2D eigenvalue weighted by atomic mass is 10.2. The first kappa shape index (κ1) is 21.3. The molecule has 2 atom stereocenters. The fraction of sp³-hybridized carbons (Fsp3) is 0.368. The maximum absolute atomic E-state index is 13.2. The molecule has 0 radical (unpaired) electrons. The van der Waals surface area contributed by atoms with Crippen molar-refractivity contribution in [1.82, 2.24) is 9.88 Å². The molecule has 0 aliphatic carbocycles. The number of likely N-dealkylation sites (tertiary alicyclic amines) is 1. The minimum absolute atomic E-state index is 0.0877. The number of benzene rings is 1. The highest BCUT2D eigenvalue weighted by Gasteiger charge is 2.38. The van der Waals surface area contributed by atoms with E-state index in [-0.39, 0.29) is 30.6 Å². The number of amides is 1. The summed E-state index contributed by atoms with van der Waals surface area (Å²) in [6.45, 7) is 0.0468. The Balaban J connectivity index is 1.59. The van der Waals surface area contributed by atoms with E-state index in [9.17, 15) is 22.2 Å². The molecule has 1 amide bonds. The number of alkyl halides is 3. The number of halogens is 3. The first-order chi connectivity index (χ1) is 13.8. The Hall–Kier alpha value is -2.46. The van der Waals surface area contributed by atoms with Gasteiger partial charge in [-0.05, 0) is 30.2 Å². The van der Waals surface area contributed by atoms with Crippen molar-refractivity contribution in [1.29, 1.82) is 0 Å². The number of pyridine rings is 1. The van der Waals surface area contributed by atoms with Crippen LogP contribution >= 0.6 is 0 Å². The molecule has 0 spiro atoms. The summed E-state index contributed by atoms with van der Waals surface area (Å²) in [6, 6.07) is 7.40. The summed E-state index contributed by atoms with van der Waals surface area (Å²) in [4.78, 5) is 17.1. The Morgan fingerprint density at radius 2 is 2.00 bits per heavy atom. The van der Waals surface area contributed by atoms with Gasteiger partial charge in [-0.2, -0.15) is 13.2 Å². The van der Waals surface area contributed by atoms with Gasteiger partial charge >= 0.3 is 6.18 Å². The molecule has 1 saturated heterocycles. The minimum atomic E-state index is -4.62. The number of hydrogen-bond donors (Lipinski definition) is 1. The summed E-state index contributed by atoms with van der Waals surface area (Å²) in [7, 11) is -1.94. The second-order valence-electron chi connectivity index (χ2n) is 6.51. The van der Waals surface area contributed by atoms with Crippen molar-refractivity contribution in [3.05, 3.63) is 53.9 Å². The van der Waals surface area contributed by atoms with E-state index in [0.717, 1.165) is 18.5 Å². The van der Waals surface area contributed by atoms with Gasteiger partial charge < -0.3 is 14.7 Å². The van der Waals surface area contributed by atoms with E-state index in [0.29, 0.717) is 24.3 Å². The van der Waals surface area contributed by atoms with Gasteiger partial charge in [0.15, 0.2) is 6.61 Å². The molecule has 1 aliphatic heterocycles. The number of carbonyl (C=O) groups is 1. The standard InChI is InChI=1S/C19H19F3N2O4S/c20-19(21,22)16-5-7-23-9-17(16)29(27)15-6-8-24(10-15)18(26)12-28-14-3-1-13(11-25)2-4-14/h1-5,7,9,15,25H,6,8,10-12H2/t15-,29+/m0/s1. The number of aliphatic hydroxyl groups is 1. The molecule has 29 heavy (non-hydrogen) atoms. The first-order valence-corrected chi connectivity index (χ1v) is 10.0. The third-order valence-corrected chi connectivity index (χ3v) is 6.32. The molecule has 1 aliphatic rings. The molecular formula is C19H19F3N2O4S. The number of aromatic nitrogens is 1. The number of ether oxygens (including phenoxy) is 1. The smallest absolute Gasteiger partial charge is 0.417 e. The van der Waals surface area contributed by atoms with Crippen LogP contribution in [-0.4, -0.2) is 50.1 Å². The van der Waals surface area contributed by atoms with Crippen LogP contribution in [0.25, 0.3) is 0 Å². The molecule has 2 heterocycles. The van der Waals surface area contributed by atoms with Crippen LogP contribution in [0.2, 0.25) is 0 Å². The van der Waals surface area contributed by atoms with Crippen LogP contribution in [0.3, 0.4) is 0 Å². The first-order valence-electron chi connectivity index (χ1n) is 8.81. The Morgan fingerprint density at radius 1 is 1.28 bits per heavy atom. The third kappa shape index (κ3) is 5.13. The number of aliphatic hydroxyl groups excluding tert-OH is 1. The van der Waals surface area contributed by atoms with E-state index in [1.807, 2.05) is 0 Å². The summed E-state index contributed by atoms with van der Waals surface area (Å²) >= 11 is 0. The molecule has 1 aromatic heterocycles. The normalized spacial score (nSPS) is 17.9. The van der Waals surface area contributed by atoms with Crippen LogP contribution in [0.5, 0.6) is 5.75 Å².